The van der Waals surface area contributed by atoms with Crippen LogP contribution >= 0.6 is 0 Å². The molecule has 2 heteroatoms. The quantitative estimate of drug-likeness (QED) is 0.676. The van der Waals surface area contributed by atoms with Crippen LogP contribution in [0.4, 0.5) is 0 Å². The predicted molar refractivity (Wildman–Crippen MR) is 55.0 cm³/mol. The van der Waals surface area contributed by atoms with Gasteiger partial charge in [0.05, 0.1) is 0 Å². The molecule has 0 radical (unpaired) electrons. The Morgan fingerprint density at radius 3 is 2.93 bits per heavy atom. The van der Waals surface area contributed by atoms with Crippen LogP contribution in [-0.4, -0.2) is 10.8 Å². The van der Waals surface area contributed by atoms with Crippen molar-refractivity contribution in [2.75, 3.05) is 0 Å². The van der Waals surface area contributed by atoms with E-state index in [0.29, 0.717) is 12.3 Å². The van der Waals surface area contributed by atoms with Crippen LogP contribution in [0.5, 0.6) is 0 Å². The fourth-order valence-corrected chi connectivity index (χ4v) is 1.95. The van der Waals surface area contributed by atoms with Gasteiger partial charge < -0.3 is 0 Å². The zero-order valence-corrected chi connectivity index (χ0v) is 8.23. The Labute approximate surface area is 83.7 Å². The summed E-state index contributed by atoms with van der Waals surface area (Å²) in [5.74, 6) is 0.573. The van der Waals surface area contributed by atoms with Crippen LogP contribution in [0.15, 0.2) is 36.2 Å². The standard InChI is InChI=1S/C12H13NO/c1-9-5-11(7-12(14)6-9)10-3-2-4-13-8-10/h2-4,6,8,11H,5,7H2,1H3. The van der Waals surface area contributed by atoms with Gasteiger partial charge in [0.1, 0.15) is 0 Å². The number of pyridine rings is 1. The molecule has 1 atom stereocenters. The molecule has 2 rings (SSSR count). The van der Waals surface area contributed by atoms with Crippen molar-refractivity contribution in [2.24, 2.45) is 0 Å². The first kappa shape index (κ1) is 9.13. The minimum Gasteiger partial charge on any atom is -0.295 e. The number of rotatable bonds is 1. The van der Waals surface area contributed by atoms with Gasteiger partial charge in [-0.15, -0.1) is 0 Å². The van der Waals surface area contributed by atoms with Gasteiger partial charge in [-0.3, -0.25) is 9.78 Å². The predicted octanol–water partition coefficient (Wildman–Crippen LogP) is 2.47. The fourth-order valence-electron chi connectivity index (χ4n) is 1.95. The van der Waals surface area contributed by atoms with Crippen molar-refractivity contribution < 1.29 is 4.79 Å². The van der Waals surface area contributed by atoms with Gasteiger partial charge in [0, 0.05) is 18.8 Å². The van der Waals surface area contributed by atoms with Gasteiger partial charge in [-0.2, -0.15) is 0 Å². The highest BCUT2D eigenvalue weighted by Gasteiger charge is 2.19. The molecule has 0 bridgehead atoms. The molecule has 0 saturated carbocycles. The first-order chi connectivity index (χ1) is 6.75. The van der Waals surface area contributed by atoms with Crippen LogP contribution in [0, 0.1) is 0 Å². The van der Waals surface area contributed by atoms with E-state index < -0.39 is 0 Å². The maximum absolute atomic E-state index is 11.4. The van der Waals surface area contributed by atoms with E-state index >= 15 is 0 Å². The van der Waals surface area contributed by atoms with E-state index in [4.69, 9.17) is 0 Å². The number of ketones is 1. The van der Waals surface area contributed by atoms with Crippen molar-refractivity contribution >= 4 is 5.78 Å². The van der Waals surface area contributed by atoms with Crippen molar-refractivity contribution in [3.05, 3.63) is 41.7 Å². The Balaban J connectivity index is 2.22. The normalized spacial score (nSPS) is 21.9. The minimum atomic E-state index is 0.239. The van der Waals surface area contributed by atoms with Crippen LogP contribution < -0.4 is 0 Å². The first-order valence-corrected chi connectivity index (χ1v) is 4.85. The molecule has 0 aliphatic heterocycles. The third-order valence-electron chi connectivity index (χ3n) is 2.58. The average molecular weight is 187 g/mol. The average Bonchev–Trinajstić information content (AvgIpc) is 2.18. The van der Waals surface area contributed by atoms with Gasteiger partial charge in [0.15, 0.2) is 5.78 Å². The minimum absolute atomic E-state index is 0.239. The number of hydrogen-bond donors (Lipinski definition) is 0. The summed E-state index contributed by atoms with van der Waals surface area (Å²) in [7, 11) is 0. The SMILES string of the molecule is CC1=CC(=O)CC(c2cccnc2)C1. The molecule has 72 valence electrons. The van der Waals surface area contributed by atoms with Crippen LogP contribution in [0.2, 0.25) is 0 Å². The summed E-state index contributed by atoms with van der Waals surface area (Å²) >= 11 is 0. The van der Waals surface area contributed by atoms with Crippen LogP contribution in [0.3, 0.4) is 0 Å². The lowest BCUT2D eigenvalue weighted by molar-refractivity contribution is -0.115. The van der Waals surface area contributed by atoms with Gasteiger partial charge in [0.2, 0.25) is 0 Å². The van der Waals surface area contributed by atoms with E-state index in [2.05, 4.69) is 4.98 Å². The van der Waals surface area contributed by atoms with Gasteiger partial charge >= 0.3 is 0 Å². The second-order valence-electron chi connectivity index (χ2n) is 3.85. The summed E-state index contributed by atoms with van der Waals surface area (Å²) < 4.78 is 0. The summed E-state index contributed by atoms with van der Waals surface area (Å²) in [6, 6.07) is 3.97. The number of carbonyl (C=O) groups is 1. The van der Waals surface area contributed by atoms with Crippen molar-refractivity contribution in [1.29, 1.82) is 0 Å². The molecule has 0 fully saturated rings. The molecule has 1 unspecified atom stereocenters. The van der Waals surface area contributed by atoms with E-state index in [1.807, 2.05) is 25.3 Å². The van der Waals surface area contributed by atoms with E-state index in [1.54, 1.807) is 12.3 Å². The Bertz CT molecular complexity index is 367. The van der Waals surface area contributed by atoms with Crippen molar-refractivity contribution in [3.63, 3.8) is 0 Å². The van der Waals surface area contributed by atoms with Crippen molar-refractivity contribution in [1.82, 2.24) is 4.98 Å². The molecule has 1 aromatic rings. The van der Waals surface area contributed by atoms with E-state index in [9.17, 15) is 4.79 Å². The summed E-state index contributed by atoms with van der Waals surface area (Å²) in [6.07, 6.45) is 6.99. The van der Waals surface area contributed by atoms with Crippen molar-refractivity contribution in [2.45, 2.75) is 25.7 Å². The molecular formula is C12H13NO. The second kappa shape index (κ2) is 3.74. The van der Waals surface area contributed by atoms with E-state index in [-0.39, 0.29) is 5.78 Å². The Kier molecular flexibility index (Phi) is 2.44. The van der Waals surface area contributed by atoms with Gasteiger partial charge in [-0.1, -0.05) is 11.6 Å². The number of hydrogen-bond acceptors (Lipinski definition) is 2. The van der Waals surface area contributed by atoms with E-state index in [1.165, 1.54) is 11.1 Å². The van der Waals surface area contributed by atoms with Gasteiger partial charge in [-0.25, -0.2) is 0 Å². The fraction of sp³-hybridized carbons (Fsp3) is 0.333. The van der Waals surface area contributed by atoms with Gasteiger partial charge in [0.25, 0.3) is 0 Å². The Morgan fingerprint density at radius 2 is 2.29 bits per heavy atom. The molecule has 2 nitrogen and oxygen atoms in total. The Morgan fingerprint density at radius 1 is 1.43 bits per heavy atom. The zero-order valence-electron chi connectivity index (χ0n) is 8.23. The maximum Gasteiger partial charge on any atom is 0.156 e. The lowest BCUT2D eigenvalue weighted by atomic mass is 9.84. The summed E-state index contributed by atoms with van der Waals surface area (Å²) in [4.78, 5) is 15.4. The number of allylic oxidation sites excluding steroid dienone is 2. The second-order valence-corrected chi connectivity index (χ2v) is 3.85. The molecule has 1 aromatic heterocycles. The van der Waals surface area contributed by atoms with Crippen LogP contribution in [0.25, 0.3) is 0 Å². The zero-order chi connectivity index (χ0) is 9.97. The molecular weight excluding hydrogens is 174 g/mol. The van der Waals surface area contributed by atoms with Crippen LogP contribution in [0.1, 0.15) is 31.2 Å². The van der Waals surface area contributed by atoms with Crippen LogP contribution in [-0.2, 0) is 4.79 Å². The number of nitrogens with zero attached hydrogens (tertiary/aromatic N) is 1. The smallest absolute Gasteiger partial charge is 0.156 e. The highest BCUT2D eigenvalue weighted by molar-refractivity contribution is 5.91. The molecule has 14 heavy (non-hydrogen) atoms. The molecule has 1 aliphatic carbocycles. The summed E-state index contributed by atoms with van der Waals surface area (Å²) in [5, 5.41) is 0. The van der Waals surface area contributed by atoms with E-state index in [0.717, 1.165) is 6.42 Å². The maximum atomic E-state index is 11.4. The largest absolute Gasteiger partial charge is 0.295 e. The molecule has 1 heterocycles. The topological polar surface area (TPSA) is 30.0 Å². The molecule has 0 spiro atoms. The first-order valence-electron chi connectivity index (χ1n) is 4.85. The third-order valence-corrected chi connectivity index (χ3v) is 2.58. The number of carbonyl (C=O) groups excluding carboxylic acids is 1. The monoisotopic (exact) mass is 187 g/mol. The molecule has 1 aliphatic rings. The van der Waals surface area contributed by atoms with Gasteiger partial charge in [-0.05, 0) is 37.0 Å². The molecule has 0 N–H and O–H groups in total. The molecule has 0 amide bonds. The summed E-state index contributed by atoms with van der Waals surface area (Å²) in [6.45, 7) is 2.01. The highest BCUT2D eigenvalue weighted by Crippen LogP contribution is 2.30. The molecule has 0 saturated heterocycles. The van der Waals surface area contributed by atoms with Crippen molar-refractivity contribution in [3.8, 4) is 0 Å². The third kappa shape index (κ3) is 1.90. The Hall–Kier alpha value is -1.44. The lowest BCUT2D eigenvalue weighted by Gasteiger charge is -2.19. The lowest BCUT2D eigenvalue weighted by Crippen LogP contribution is -2.11. The molecule has 0 aromatic carbocycles. The number of aromatic nitrogens is 1. The summed E-state index contributed by atoms with van der Waals surface area (Å²) in [5.41, 5.74) is 2.35. The highest BCUT2D eigenvalue weighted by atomic mass is 16.1.